The SMILES string of the molecule is Cc1cnc(-c2ccncc2)n1C1CCCN(C(=O)Nc2ccccc2F)C1. The van der Waals surface area contributed by atoms with Gasteiger partial charge in [-0.15, -0.1) is 0 Å². The minimum absolute atomic E-state index is 0.116. The van der Waals surface area contributed by atoms with Gasteiger partial charge in [-0.1, -0.05) is 12.1 Å². The molecule has 1 aromatic carbocycles. The van der Waals surface area contributed by atoms with Crippen LogP contribution in [-0.4, -0.2) is 38.6 Å². The van der Waals surface area contributed by atoms with E-state index < -0.39 is 5.82 Å². The summed E-state index contributed by atoms with van der Waals surface area (Å²) >= 11 is 0. The molecular formula is C21H22FN5O. The van der Waals surface area contributed by atoms with Crippen LogP contribution < -0.4 is 5.32 Å². The van der Waals surface area contributed by atoms with Gasteiger partial charge in [0.1, 0.15) is 11.6 Å². The van der Waals surface area contributed by atoms with Gasteiger partial charge in [0, 0.05) is 42.9 Å². The molecule has 0 saturated carbocycles. The van der Waals surface area contributed by atoms with E-state index in [9.17, 15) is 9.18 Å². The predicted molar refractivity (Wildman–Crippen MR) is 105 cm³/mol. The fraction of sp³-hybridized carbons (Fsp3) is 0.286. The topological polar surface area (TPSA) is 63.1 Å². The molecule has 1 atom stereocenters. The van der Waals surface area contributed by atoms with Crippen LogP contribution in [0.2, 0.25) is 0 Å². The largest absolute Gasteiger partial charge is 0.324 e. The van der Waals surface area contributed by atoms with E-state index in [4.69, 9.17) is 0 Å². The van der Waals surface area contributed by atoms with Crippen LogP contribution >= 0.6 is 0 Å². The number of rotatable bonds is 3. The van der Waals surface area contributed by atoms with Crippen LogP contribution in [0.25, 0.3) is 11.4 Å². The van der Waals surface area contributed by atoms with Gasteiger partial charge in [-0.25, -0.2) is 14.2 Å². The number of piperidine rings is 1. The van der Waals surface area contributed by atoms with Crippen LogP contribution in [0.5, 0.6) is 0 Å². The van der Waals surface area contributed by atoms with E-state index in [2.05, 4.69) is 19.9 Å². The highest BCUT2D eigenvalue weighted by Gasteiger charge is 2.27. The Morgan fingerprint density at radius 3 is 2.79 bits per heavy atom. The molecule has 1 unspecified atom stereocenters. The number of halogens is 1. The number of aryl methyl sites for hydroxylation is 1. The van der Waals surface area contributed by atoms with Crippen LogP contribution in [0.15, 0.2) is 55.0 Å². The molecule has 1 N–H and O–H groups in total. The van der Waals surface area contributed by atoms with Crippen LogP contribution in [0.3, 0.4) is 0 Å². The van der Waals surface area contributed by atoms with Gasteiger partial charge in [0.05, 0.1) is 11.7 Å². The summed E-state index contributed by atoms with van der Waals surface area (Å²) in [5, 5.41) is 2.69. The molecular weight excluding hydrogens is 357 g/mol. The summed E-state index contributed by atoms with van der Waals surface area (Å²) < 4.78 is 16.1. The van der Waals surface area contributed by atoms with Gasteiger partial charge in [0.15, 0.2) is 0 Å². The van der Waals surface area contributed by atoms with E-state index in [1.807, 2.05) is 25.3 Å². The molecule has 1 fully saturated rings. The molecule has 0 bridgehead atoms. The van der Waals surface area contributed by atoms with Gasteiger partial charge in [0.2, 0.25) is 0 Å². The number of benzene rings is 1. The van der Waals surface area contributed by atoms with Crippen molar-refractivity contribution in [1.82, 2.24) is 19.4 Å². The van der Waals surface area contributed by atoms with E-state index in [1.54, 1.807) is 35.5 Å². The molecule has 1 aliphatic heterocycles. The Morgan fingerprint density at radius 1 is 1.21 bits per heavy atom. The number of nitrogens with one attached hydrogen (secondary N) is 1. The zero-order valence-electron chi connectivity index (χ0n) is 15.7. The van der Waals surface area contributed by atoms with E-state index in [-0.39, 0.29) is 17.8 Å². The lowest BCUT2D eigenvalue weighted by atomic mass is 10.0. The highest BCUT2D eigenvalue weighted by Crippen LogP contribution is 2.29. The third-order valence-corrected chi connectivity index (χ3v) is 5.08. The maximum Gasteiger partial charge on any atom is 0.321 e. The van der Waals surface area contributed by atoms with Crippen molar-refractivity contribution in [3.8, 4) is 11.4 Å². The highest BCUT2D eigenvalue weighted by molar-refractivity contribution is 5.89. The lowest BCUT2D eigenvalue weighted by molar-refractivity contribution is 0.178. The molecule has 3 aromatic rings. The third kappa shape index (κ3) is 3.60. The van der Waals surface area contributed by atoms with Crippen LogP contribution in [0.4, 0.5) is 14.9 Å². The second kappa shape index (κ2) is 7.80. The fourth-order valence-corrected chi connectivity index (χ4v) is 3.73. The molecule has 6 nitrogen and oxygen atoms in total. The molecule has 3 heterocycles. The molecule has 144 valence electrons. The first-order valence-electron chi connectivity index (χ1n) is 9.38. The number of anilines is 1. The van der Waals surface area contributed by atoms with Crippen LogP contribution in [0.1, 0.15) is 24.6 Å². The van der Waals surface area contributed by atoms with Gasteiger partial charge < -0.3 is 14.8 Å². The fourth-order valence-electron chi connectivity index (χ4n) is 3.73. The summed E-state index contributed by atoms with van der Waals surface area (Å²) in [5.74, 6) is 0.441. The second-order valence-corrected chi connectivity index (χ2v) is 6.98. The zero-order valence-corrected chi connectivity index (χ0v) is 15.7. The van der Waals surface area contributed by atoms with Crippen molar-refractivity contribution in [2.45, 2.75) is 25.8 Å². The monoisotopic (exact) mass is 379 g/mol. The average Bonchev–Trinajstić information content (AvgIpc) is 3.12. The Morgan fingerprint density at radius 2 is 2.00 bits per heavy atom. The summed E-state index contributed by atoms with van der Waals surface area (Å²) in [6, 6.07) is 9.91. The zero-order chi connectivity index (χ0) is 19.5. The Labute approximate surface area is 163 Å². The first kappa shape index (κ1) is 18.2. The molecule has 2 amide bonds. The lowest BCUT2D eigenvalue weighted by Crippen LogP contribution is -2.43. The van der Waals surface area contributed by atoms with Crippen molar-refractivity contribution in [2.24, 2.45) is 0 Å². The van der Waals surface area contributed by atoms with Crippen molar-refractivity contribution in [3.05, 3.63) is 66.5 Å². The van der Waals surface area contributed by atoms with E-state index in [0.717, 1.165) is 29.9 Å². The Kier molecular flexibility index (Phi) is 5.06. The number of urea groups is 1. The molecule has 1 saturated heterocycles. The maximum absolute atomic E-state index is 13.9. The quantitative estimate of drug-likeness (QED) is 0.739. The summed E-state index contributed by atoms with van der Waals surface area (Å²) in [7, 11) is 0. The van der Waals surface area contributed by atoms with Crippen LogP contribution in [0, 0.1) is 12.7 Å². The normalized spacial score (nSPS) is 16.8. The summed E-state index contributed by atoms with van der Waals surface area (Å²) in [6.45, 7) is 3.22. The number of nitrogens with zero attached hydrogens (tertiary/aromatic N) is 4. The number of hydrogen-bond donors (Lipinski definition) is 1. The molecule has 1 aliphatic rings. The summed E-state index contributed by atoms with van der Waals surface area (Å²) in [6.07, 6.45) is 7.19. The molecule has 7 heteroatoms. The van der Waals surface area contributed by atoms with Crippen molar-refractivity contribution >= 4 is 11.7 Å². The molecule has 0 aliphatic carbocycles. The first-order chi connectivity index (χ1) is 13.6. The molecule has 4 rings (SSSR count). The number of pyridine rings is 1. The number of likely N-dealkylation sites (tertiary alicyclic amines) is 1. The van der Waals surface area contributed by atoms with Gasteiger partial charge in [-0.2, -0.15) is 0 Å². The minimum atomic E-state index is -0.435. The number of para-hydroxylation sites is 1. The Bertz CT molecular complexity index is 972. The minimum Gasteiger partial charge on any atom is -0.324 e. The van der Waals surface area contributed by atoms with Crippen molar-refractivity contribution < 1.29 is 9.18 Å². The number of hydrogen-bond acceptors (Lipinski definition) is 3. The van der Waals surface area contributed by atoms with Crippen molar-refractivity contribution in [3.63, 3.8) is 0 Å². The van der Waals surface area contributed by atoms with Gasteiger partial charge in [-0.3, -0.25) is 4.98 Å². The van der Waals surface area contributed by atoms with Crippen molar-refractivity contribution in [2.75, 3.05) is 18.4 Å². The van der Waals surface area contributed by atoms with Crippen molar-refractivity contribution in [1.29, 1.82) is 0 Å². The van der Waals surface area contributed by atoms with Gasteiger partial charge in [0.25, 0.3) is 0 Å². The summed E-state index contributed by atoms with van der Waals surface area (Å²) in [4.78, 5) is 23.1. The van der Waals surface area contributed by atoms with E-state index in [1.165, 1.54) is 6.07 Å². The van der Waals surface area contributed by atoms with Crippen LogP contribution in [-0.2, 0) is 0 Å². The number of imidazole rings is 1. The lowest BCUT2D eigenvalue weighted by Gasteiger charge is -2.34. The average molecular weight is 379 g/mol. The second-order valence-electron chi connectivity index (χ2n) is 6.98. The number of aromatic nitrogens is 3. The predicted octanol–water partition coefficient (Wildman–Crippen LogP) is 4.26. The third-order valence-electron chi connectivity index (χ3n) is 5.08. The molecule has 28 heavy (non-hydrogen) atoms. The molecule has 0 spiro atoms. The Balaban J connectivity index is 1.54. The van der Waals surface area contributed by atoms with Gasteiger partial charge >= 0.3 is 6.03 Å². The highest BCUT2D eigenvalue weighted by atomic mass is 19.1. The molecule has 2 aromatic heterocycles. The number of carbonyl (C=O) groups excluding carboxylic acids is 1. The Hall–Kier alpha value is -3.22. The summed E-state index contributed by atoms with van der Waals surface area (Å²) in [5.41, 5.74) is 2.25. The number of carbonyl (C=O) groups is 1. The standard InChI is InChI=1S/C21H22FN5O/c1-15-13-24-20(16-8-10-23-11-9-16)27(15)17-5-4-12-26(14-17)21(28)25-19-7-3-2-6-18(19)22/h2-3,6-11,13,17H,4-5,12,14H2,1H3,(H,25,28). The molecule has 0 radical (unpaired) electrons. The first-order valence-corrected chi connectivity index (χ1v) is 9.38. The maximum atomic E-state index is 13.9. The smallest absolute Gasteiger partial charge is 0.321 e. The van der Waals surface area contributed by atoms with E-state index in [0.29, 0.717) is 13.1 Å². The van der Waals surface area contributed by atoms with E-state index >= 15 is 0 Å². The van der Waals surface area contributed by atoms with Gasteiger partial charge in [-0.05, 0) is 44.0 Å². The number of amides is 2.